The van der Waals surface area contributed by atoms with Gasteiger partial charge in [0.2, 0.25) is 5.91 Å². The molecule has 2 heterocycles. The van der Waals surface area contributed by atoms with Crippen LogP contribution < -0.4 is 5.32 Å². The summed E-state index contributed by atoms with van der Waals surface area (Å²) in [4.78, 5) is 24.1. The Morgan fingerprint density at radius 3 is 2.92 bits per heavy atom. The molecule has 126 valence electrons. The van der Waals surface area contributed by atoms with Crippen LogP contribution in [0.4, 0.5) is 5.69 Å². The molecule has 5 nitrogen and oxygen atoms in total. The second-order valence-corrected chi connectivity index (χ2v) is 7.81. The average molecular weight is 368 g/mol. The van der Waals surface area contributed by atoms with Gasteiger partial charge in [0, 0.05) is 12.1 Å². The van der Waals surface area contributed by atoms with E-state index in [2.05, 4.69) is 20.3 Å². The lowest BCUT2D eigenvalue weighted by Gasteiger charge is -2.02. The van der Waals surface area contributed by atoms with E-state index in [0.29, 0.717) is 6.42 Å². The van der Waals surface area contributed by atoms with Gasteiger partial charge in [0.25, 0.3) is 0 Å². The summed E-state index contributed by atoms with van der Waals surface area (Å²) in [6.07, 6.45) is 0.472. The van der Waals surface area contributed by atoms with Gasteiger partial charge >= 0.3 is 0 Å². The number of thioether (sulfide) groups is 1. The van der Waals surface area contributed by atoms with E-state index >= 15 is 0 Å². The molecule has 2 N–H and O–H groups in total. The molecule has 0 spiro atoms. The van der Waals surface area contributed by atoms with Crippen molar-refractivity contribution in [3.8, 4) is 0 Å². The fourth-order valence-electron chi connectivity index (χ4n) is 2.50. The zero-order chi connectivity index (χ0) is 17.2. The van der Waals surface area contributed by atoms with Crippen molar-refractivity contribution >= 4 is 55.9 Å². The molecular formula is C18H16N4OS2. The second-order valence-electron chi connectivity index (χ2n) is 5.55. The standard InChI is InChI=1S/C18H16N4OS2/c1-2-17(23)19-11-7-8-14-15(9-11)25-18(22-14)24-10-16-20-12-5-3-4-6-13(12)21-16/h3-9H,2,10H2,1H3,(H,19,23)(H,20,21). The van der Waals surface area contributed by atoms with Gasteiger partial charge in [-0.05, 0) is 30.3 Å². The number of imidazole rings is 1. The van der Waals surface area contributed by atoms with Crippen LogP contribution in [0.3, 0.4) is 0 Å². The molecule has 0 radical (unpaired) electrons. The number of aromatic nitrogens is 3. The van der Waals surface area contributed by atoms with Crippen molar-refractivity contribution in [1.82, 2.24) is 15.0 Å². The predicted molar refractivity (Wildman–Crippen MR) is 104 cm³/mol. The molecule has 1 amide bonds. The van der Waals surface area contributed by atoms with Crippen LogP contribution in [0.2, 0.25) is 0 Å². The fraction of sp³-hybridized carbons (Fsp3) is 0.167. The number of amides is 1. The summed E-state index contributed by atoms with van der Waals surface area (Å²) in [5.41, 5.74) is 3.81. The Bertz CT molecular complexity index is 1020. The highest BCUT2D eigenvalue weighted by Gasteiger charge is 2.09. The van der Waals surface area contributed by atoms with Crippen LogP contribution in [0.15, 0.2) is 46.8 Å². The molecule has 4 aromatic rings. The molecule has 0 saturated carbocycles. The SMILES string of the molecule is CCC(=O)Nc1ccc2nc(SCc3nc4ccccc4[nH]3)sc2c1. The normalized spacial score (nSPS) is 11.2. The molecule has 2 aromatic carbocycles. The molecule has 0 bridgehead atoms. The van der Waals surface area contributed by atoms with Gasteiger partial charge in [-0.25, -0.2) is 9.97 Å². The van der Waals surface area contributed by atoms with Gasteiger partial charge in [0.05, 0.1) is 27.0 Å². The van der Waals surface area contributed by atoms with Gasteiger partial charge in [0.1, 0.15) is 5.82 Å². The van der Waals surface area contributed by atoms with E-state index < -0.39 is 0 Å². The smallest absolute Gasteiger partial charge is 0.224 e. The van der Waals surface area contributed by atoms with Gasteiger partial charge in [-0.2, -0.15) is 0 Å². The quantitative estimate of drug-likeness (QED) is 0.496. The number of benzene rings is 2. The van der Waals surface area contributed by atoms with Crippen LogP contribution in [0.5, 0.6) is 0 Å². The maximum absolute atomic E-state index is 11.5. The molecule has 25 heavy (non-hydrogen) atoms. The van der Waals surface area contributed by atoms with Crippen LogP contribution in [0.25, 0.3) is 21.3 Å². The number of fused-ring (bicyclic) bond motifs is 2. The van der Waals surface area contributed by atoms with Crippen LogP contribution in [0, 0.1) is 0 Å². The first-order valence-corrected chi connectivity index (χ1v) is 9.78. The van der Waals surface area contributed by atoms with Crippen molar-refractivity contribution < 1.29 is 4.79 Å². The van der Waals surface area contributed by atoms with Crippen molar-refractivity contribution in [2.24, 2.45) is 0 Å². The maximum Gasteiger partial charge on any atom is 0.224 e. The fourth-order valence-corrected chi connectivity index (χ4v) is 4.47. The minimum atomic E-state index is 0.0170. The number of carbonyl (C=O) groups is 1. The highest BCUT2D eigenvalue weighted by atomic mass is 32.2. The van der Waals surface area contributed by atoms with Crippen LogP contribution in [-0.4, -0.2) is 20.9 Å². The van der Waals surface area contributed by atoms with Crippen molar-refractivity contribution in [2.45, 2.75) is 23.4 Å². The summed E-state index contributed by atoms with van der Waals surface area (Å²) in [6.45, 7) is 1.84. The van der Waals surface area contributed by atoms with Crippen LogP contribution in [-0.2, 0) is 10.5 Å². The van der Waals surface area contributed by atoms with Crippen LogP contribution in [0.1, 0.15) is 19.2 Å². The third-order valence-electron chi connectivity index (χ3n) is 3.74. The summed E-state index contributed by atoms with van der Waals surface area (Å²) in [5.74, 6) is 1.71. The number of nitrogens with zero attached hydrogens (tertiary/aromatic N) is 2. The van der Waals surface area contributed by atoms with Gasteiger partial charge in [-0.15, -0.1) is 11.3 Å². The number of hydrogen-bond acceptors (Lipinski definition) is 5. The average Bonchev–Trinajstić information content (AvgIpc) is 3.22. The Kier molecular flexibility index (Phi) is 4.42. The summed E-state index contributed by atoms with van der Waals surface area (Å²) in [5, 5.41) is 2.88. The lowest BCUT2D eigenvalue weighted by atomic mass is 10.3. The van der Waals surface area contributed by atoms with Gasteiger partial charge in [-0.1, -0.05) is 30.8 Å². The summed E-state index contributed by atoms with van der Waals surface area (Å²) in [7, 11) is 0. The summed E-state index contributed by atoms with van der Waals surface area (Å²) in [6, 6.07) is 13.8. The highest BCUT2D eigenvalue weighted by molar-refractivity contribution is 8.00. The molecular weight excluding hydrogens is 352 g/mol. The Balaban J connectivity index is 1.50. The maximum atomic E-state index is 11.5. The molecule has 2 aromatic heterocycles. The largest absolute Gasteiger partial charge is 0.341 e. The number of H-pyrrole nitrogens is 1. The third kappa shape index (κ3) is 3.52. The van der Waals surface area contributed by atoms with E-state index in [-0.39, 0.29) is 5.91 Å². The van der Waals surface area contributed by atoms with Crippen molar-refractivity contribution in [1.29, 1.82) is 0 Å². The number of thiazole rings is 1. The summed E-state index contributed by atoms with van der Waals surface area (Å²) >= 11 is 3.30. The molecule has 0 unspecified atom stereocenters. The number of nitrogens with one attached hydrogen (secondary N) is 2. The molecule has 0 aliphatic carbocycles. The molecule has 0 saturated heterocycles. The molecule has 0 atom stereocenters. The zero-order valence-electron chi connectivity index (χ0n) is 13.6. The Labute approximate surface area is 152 Å². The second kappa shape index (κ2) is 6.85. The Morgan fingerprint density at radius 2 is 2.08 bits per heavy atom. The van der Waals surface area contributed by atoms with Gasteiger partial charge in [-0.3, -0.25) is 4.79 Å². The molecule has 0 aliphatic heterocycles. The topological polar surface area (TPSA) is 70.7 Å². The monoisotopic (exact) mass is 368 g/mol. The number of anilines is 1. The number of rotatable bonds is 5. The van der Waals surface area contributed by atoms with E-state index in [1.807, 2.05) is 49.4 Å². The number of para-hydroxylation sites is 2. The first-order valence-electron chi connectivity index (χ1n) is 7.98. The number of aromatic amines is 1. The Morgan fingerprint density at radius 1 is 1.20 bits per heavy atom. The number of hydrogen-bond donors (Lipinski definition) is 2. The first kappa shape index (κ1) is 16.1. The molecule has 0 fully saturated rings. The van der Waals surface area contributed by atoms with Crippen molar-refractivity contribution in [3.63, 3.8) is 0 Å². The van der Waals surface area contributed by atoms with E-state index in [4.69, 9.17) is 0 Å². The van der Waals surface area contributed by atoms with Gasteiger partial charge < -0.3 is 10.3 Å². The van der Waals surface area contributed by atoms with Crippen molar-refractivity contribution in [3.05, 3.63) is 48.3 Å². The van der Waals surface area contributed by atoms with Crippen LogP contribution >= 0.6 is 23.1 Å². The lowest BCUT2D eigenvalue weighted by Crippen LogP contribution is -2.08. The highest BCUT2D eigenvalue weighted by Crippen LogP contribution is 2.32. The van der Waals surface area contributed by atoms with E-state index in [1.54, 1.807) is 23.1 Å². The zero-order valence-corrected chi connectivity index (χ0v) is 15.2. The van der Waals surface area contributed by atoms with E-state index in [9.17, 15) is 4.79 Å². The van der Waals surface area contributed by atoms with Gasteiger partial charge in [0.15, 0.2) is 4.34 Å². The molecule has 7 heteroatoms. The summed E-state index contributed by atoms with van der Waals surface area (Å²) < 4.78 is 2.07. The lowest BCUT2D eigenvalue weighted by molar-refractivity contribution is -0.115. The third-order valence-corrected chi connectivity index (χ3v) is 5.92. The van der Waals surface area contributed by atoms with E-state index in [1.165, 1.54) is 0 Å². The molecule has 4 rings (SSSR count). The minimum absolute atomic E-state index is 0.0170. The Hall–Kier alpha value is -2.38. The minimum Gasteiger partial charge on any atom is -0.341 e. The van der Waals surface area contributed by atoms with Crippen molar-refractivity contribution in [2.75, 3.05) is 5.32 Å². The predicted octanol–water partition coefficient (Wildman–Crippen LogP) is 4.81. The van der Waals surface area contributed by atoms with E-state index in [0.717, 1.165) is 42.9 Å². The first-order chi connectivity index (χ1) is 12.2. The number of carbonyl (C=O) groups excluding carboxylic acids is 1. The molecule has 0 aliphatic rings.